The monoisotopic (exact) mass is 2300 g/mol. The second-order valence-corrected chi connectivity index (χ2v) is 35.8. The van der Waals surface area contributed by atoms with E-state index in [1.807, 2.05) is 49.5 Å². The summed E-state index contributed by atoms with van der Waals surface area (Å²) in [6.07, 6.45) is 12.1. The largest absolute Gasteiger partial charge is 0.507 e. The van der Waals surface area contributed by atoms with Gasteiger partial charge in [-0.2, -0.15) is 38.1 Å². The number of aromatic hydroxyl groups is 1. The minimum Gasteiger partial charge on any atom is -0.507 e. The number of aryl methyl sites for hydroxylation is 2. The second-order valence-electron chi connectivity index (χ2n) is 32.4. The van der Waals surface area contributed by atoms with Gasteiger partial charge in [-0.25, -0.2) is 29.9 Å². The maximum Gasteiger partial charge on any atom is 0.421 e. The molecule has 1 unspecified atom stereocenters. The number of amides is 3. The number of pyridine rings is 2. The first-order valence-corrected chi connectivity index (χ1v) is 49.0. The Morgan fingerprint density at radius 1 is 0.503 bits per heavy atom. The van der Waals surface area contributed by atoms with Crippen molar-refractivity contribution in [2.45, 2.75) is 70.1 Å². The lowest BCUT2D eigenvalue weighted by molar-refractivity contribution is -0.137. The standard InChI is InChI=1S/C22H22BrN7O2.2C21H21BrN4O5.C19H19BrN4O4.C18H21F3N6/c1-2-30-7-8-32-18-10-15(11-24-21(18)30)26-20-16(23)12-25-22(29-20)27-14-4-5-17-13(9-14)3-6-19(31)28-17;1-26(20(28)13-7-5-6-8-15(13)27)19-14(22)11-23-21(25-19)24-12-9-16(29-2)18(31-4)17(10-12)30-3;1-23-19(27)13-7-5-6-8-15(13)31-20-14(22)11-24-21(26-20)25-12-9-16(28-2)18(30-4)17(10-12)29-3;1-25-15-8-11(9-16(26-2)17(15)27-3)23-19-22-10-12(20)18(24-19)28-14-7-5-4-6-13(14)21;1-22-14-4-2-3-10-7-12(8-23-15(10)14)26-17-24-9-13(18(19,20)21)16(27-17)25-11-5-6-11/h4-5,9-12H,2-3,6-8H2,1H3,(H,28,31)(H2,25,26,27,29);5-11,27H,1-4H3,(H,23,24,25);5-11H,1-4H3,(H,23,27)(H,24,25,26);4-10H,21H2,1-3H3,(H,22,23,24);7-9,11,14,22H,2-6H2,1H3,(H2,24,25,26,27). The van der Waals surface area contributed by atoms with Crippen LogP contribution in [0, 0.1) is 0 Å². The molecule has 18 rings (SSSR count). The zero-order chi connectivity index (χ0) is 106. The van der Waals surface area contributed by atoms with Gasteiger partial charge in [0.2, 0.25) is 64.7 Å². The van der Waals surface area contributed by atoms with Gasteiger partial charge >= 0.3 is 6.18 Å². The van der Waals surface area contributed by atoms with Crippen LogP contribution in [-0.2, 0) is 23.8 Å². The lowest BCUT2D eigenvalue weighted by Gasteiger charge is -2.29. The molecule has 149 heavy (non-hydrogen) atoms. The van der Waals surface area contributed by atoms with E-state index >= 15 is 0 Å². The molecule has 1 atom stereocenters. The minimum atomic E-state index is -4.49. The smallest absolute Gasteiger partial charge is 0.421 e. The van der Waals surface area contributed by atoms with Crippen LogP contribution < -0.4 is 126 Å². The van der Waals surface area contributed by atoms with Crippen LogP contribution in [0.15, 0.2) is 201 Å². The molecule has 7 aromatic carbocycles. The lowest BCUT2D eigenvalue weighted by atomic mass is 9.92. The van der Waals surface area contributed by atoms with Crippen LogP contribution in [0.4, 0.5) is 112 Å². The summed E-state index contributed by atoms with van der Waals surface area (Å²) in [5.74, 6) is 8.79. The second kappa shape index (κ2) is 50.8. The van der Waals surface area contributed by atoms with Crippen molar-refractivity contribution in [3.63, 3.8) is 0 Å². The maximum absolute atomic E-state index is 13.2. The average Bonchev–Trinajstić information content (AvgIpc) is 1.37. The Morgan fingerprint density at radius 3 is 1.52 bits per heavy atom. The third-order valence-corrected chi connectivity index (χ3v) is 24.9. The number of nitrogen functional groups attached to an aromatic ring is 1. The molecule has 4 aliphatic rings. The summed E-state index contributed by atoms with van der Waals surface area (Å²) < 4.78 is 108. The number of anilines is 17. The highest BCUT2D eigenvalue weighted by molar-refractivity contribution is 9.11. The highest BCUT2D eigenvalue weighted by atomic mass is 79.9. The number of phenols is 1. The van der Waals surface area contributed by atoms with E-state index in [1.165, 1.54) is 59.8 Å². The SMILES string of the molecule is CCN1CCOc2cc(Nc3nc(Nc4ccc5c(c4)CCC(=O)N5)ncc3Br)cnc21.CNC(=O)c1ccccc1Oc1nc(Nc2cc(OC)c(OC)c(OC)c2)ncc1Br.CNC1CCCc2cc(Nc3ncc(C(F)(F)F)c(NC4CC4)n3)cnc21.COc1cc(Nc2ncc(Br)c(N(C)C(=O)c3ccccc3O)n2)cc(OC)c1OC.COc1cc(Nc2ncc(Br)c(Oc3ccccc3N)n2)cc(OC)c1OC. The Hall–Kier alpha value is -16.1. The fourth-order valence-corrected chi connectivity index (χ4v) is 16.4. The highest BCUT2D eigenvalue weighted by Gasteiger charge is 2.38. The number of nitrogens with zero attached hydrogens (tertiary/aromatic N) is 14. The van der Waals surface area contributed by atoms with Gasteiger partial charge in [0.05, 0.1) is 147 Å². The first kappa shape index (κ1) is 109. The number of fused-ring (bicyclic) bond motifs is 3. The first-order chi connectivity index (χ1) is 72.0. The van der Waals surface area contributed by atoms with Crippen LogP contribution in [0.25, 0.3) is 0 Å². The Kier molecular flexibility index (Phi) is 37.1. The number of nitrogens with two attached hydrogens (primary N) is 1. The topological polar surface area (TPSA) is 490 Å². The number of hydrogen-bond donors (Lipinski definition) is 12. The Labute approximate surface area is 887 Å². The lowest BCUT2D eigenvalue weighted by Crippen LogP contribution is -2.33. The highest BCUT2D eigenvalue weighted by Crippen LogP contribution is 2.47. The molecule has 3 amide bonds. The van der Waals surface area contributed by atoms with Gasteiger partial charge in [0, 0.05) is 129 Å². The summed E-state index contributed by atoms with van der Waals surface area (Å²) in [6.45, 7) is 4.47. The van der Waals surface area contributed by atoms with Crippen molar-refractivity contribution in [2.75, 3.05) is 163 Å². The van der Waals surface area contributed by atoms with Crippen molar-refractivity contribution in [3.05, 3.63) is 234 Å². The van der Waals surface area contributed by atoms with Crippen LogP contribution in [0.3, 0.4) is 0 Å². The number of likely N-dealkylation sites (N-methyl/N-ethyl adjacent to an activating group) is 1. The molecule has 0 spiro atoms. The molecule has 0 saturated heterocycles. The Morgan fingerprint density at radius 2 is 0.987 bits per heavy atom. The van der Waals surface area contributed by atoms with Gasteiger partial charge in [-0.3, -0.25) is 24.3 Å². The number of halogens is 7. The number of benzene rings is 7. The number of carbonyl (C=O) groups excluding carboxylic acids is 3. The van der Waals surface area contributed by atoms with Crippen molar-refractivity contribution in [2.24, 2.45) is 0 Å². The third kappa shape index (κ3) is 27.8. The number of ether oxygens (including phenoxy) is 12. The fourth-order valence-electron chi connectivity index (χ4n) is 15.2. The van der Waals surface area contributed by atoms with Crippen LogP contribution in [0.5, 0.6) is 86.5 Å². The molecular weight excluding hydrogens is 2200 g/mol. The Bertz CT molecular complexity index is 7070. The van der Waals surface area contributed by atoms with Gasteiger partial charge in [0.15, 0.2) is 57.6 Å². The van der Waals surface area contributed by atoms with E-state index in [0.29, 0.717) is 160 Å². The van der Waals surface area contributed by atoms with Gasteiger partial charge in [-0.15, -0.1) is 0 Å². The predicted molar refractivity (Wildman–Crippen MR) is 572 cm³/mol. The number of rotatable bonds is 32. The van der Waals surface area contributed by atoms with Crippen molar-refractivity contribution in [1.82, 2.24) is 70.4 Å². The molecule has 0 radical (unpaired) electrons. The van der Waals surface area contributed by atoms with E-state index < -0.39 is 17.6 Å². The third-order valence-electron chi connectivity index (χ3n) is 22.6. The summed E-state index contributed by atoms with van der Waals surface area (Å²) >= 11 is 13.7. The van der Waals surface area contributed by atoms with E-state index in [9.17, 15) is 32.7 Å². The quantitative estimate of drug-likeness (QED) is 0.0174. The number of phenolic OH excluding ortho intramolecular Hbond substituents is 1. The van der Waals surface area contributed by atoms with Crippen LogP contribution in [-0.4, -0.2) is 194 Å². The van der Waals surface area contributed by atoms with Gasteiger partial charge in [0.25, 0.3) is 11.8 Å². The van der Waals surface area contributed by atoms with E-state index in [1.54, 1.807) is 157 Å². The average molecular weight is 2300 g/mol. The maximum atomic E-state index is 13.2. The summed E-state index contributed by atoms with van der Waals surface area (Å²) in [7, 11) is 18.8. The molecule has 9 heterocycles. The summed E-state index contributed by atoms with van der Waals surface area (Å²) in [5.41, 5.74) is 14.4. The zero-order valence-corrected chi connectivity index (χ0v) is 88.9. The molecule has 13 N–H and O–H groups in total. The molecular formula is C101H104Br4F3N25O16. The molecule has 0 bridgehead atoms. The molecule has 48 heteroatoms. The molecule has 7 aromatic heterocycles. The minimum absolute atomic E-state index is 0.0506. The van der Waals surface area contributed by atoms with Crippen molar-refractivity contribution in [3.8, 4) is 86.5 Å². The number of carbonyl (C=O) groups is 3. The van der Waals surface area contributed by atoms with Crippen LogP contribution in [0.2, 0.25) is 0 Å². The van der Waals surface area contributed by atoms with Crippen molar-refractivity contribution >= 4 is 180 Å². The summed E-state index contributed by atoms with van der Waals surface area (Å²) in [5, 5.41) is 40.4. The van der Waals surface area contributed by atoms with Crippen molar-refractivity contribution < 1.29 is 89.5 Å². The van der Waals surface area contributed by atoms with E-state index in [2.05, 4.69) is 189 Å². The Balaban J connectivity index is 0.000000147. The van der Waals surface area contributed by atoms with Crippen LogP contribution >= 0.6 is 63.7 Å². The van der Waals surface area contributed by atoms with E-state index in [-0.39, 0.29) is 64.8 Å². The number of hydrogen-bond acceptors (Lipinski definition) is 38. The number of nitrogens with one attached hydrogen (secondary N) is 10. The molecule has 14 aromatic rings. The molecule has 2 aliphatic heterocycles. The van der Waals surface area contributed by atoms with E-state index in [0.717, 1.165) is 101 Å². The molecule has 2 aliphatic carbocycles. The summed E-state index contributed by atoms with van der Waals surface area (Å²) in [4.78, 5) is 92.0. The molecule has 1 saturated carbocycles. The molecule has 1 fully saturated rings. The number of alkyl halides is 3. The number of methoxy groups -OCH3 is 9. The van der Waals surface area contributed by atoms with Crippen LogP contribution in [0.1, 0.15) is 88.2 Å². The predicted octanol–water partition coefficient (Wildman–Crippen LogP) is 20.6. The number of para-hydroxylation sites is 4. The van der Waals surface area contributed by atoms with Gasteiger partial charge in [0.1, 0.15) is 35.3 Å². The fraction of sp³-hybridized carbons (Fsp3) is 0.257. The molecule has 41 nitrogen and oxygen atoms in total. The molecule has 778 valence electrons. The van der Waals surface area contributed by atoms with Gasteiger partial charge < -0.3 is 126 Å². The normalized spacial score (nSPS) is 12.9. The first-order valence-electron chi connectivity index (χ1n) is 45.8. The zero-order valence-electron chi connectivity index (χ0n) is 82.6. The van der Waals surface area contributed by atoms with Crippen molar-refractivity contribution in [1.29, 1.82) is 0 Å². The van der Waals surface area contributed by atoms with Gasteiger partial charge in [-0.05, 0) is 188 Å². The van der Waals surface area contributed by atoms with Gasteiger partial charge in [-0.1, -0.05) is 36.4 Å². The summed E-state index contributed by atoms with van der Waals surface area (Å²) in [6, 6.07) is 40.7. The number of aromatic nitrogens is 12. The van der Waals surface area contributed by atoms with E-state index in [4.69, 9.17) is 62.6 Å².